The number of anilines is 1. The number of methoxy groups -OCH3 is 1. The van der Waals surface area contributed by atoms with Gasteiger partial charge in [0.1, 0.15) is 5.75 Å². The molecule has 0 heterocycles. The molecule has 0 aliphatic carbocycles. The number of nitrogens with one attached hydrogen (secondary N) is 1. The quantitative estimate of drug-likeness (QED) is 0.891. The summed E-state index contributed by atoms with van der Waals surface area (Å²) in [4.78, 5) is 0. The summed E-state index contributed by atoms with van der Waals surface area (Å²) >= 11 is 0. The van der Waals surface area contributed by atoms with Gasteiger partial charge in [0.2, 0.25) is 0 Å². The van der Waals surface area contributed by atoms with E-state index in [1.807, 2.05) is 32.0 Å². The highest BCUT2D eigenvalue weighted by atomic mass is 19.2. The van der Waals surface area contributed by atoms with E-state index in [2.05, 4.69) is 5.32 Å². The Labute approximate surface area is 117 Å². The molecule has 0 saturated heterocycles. The molecule has 0 aromatic heterocycles. The molecule has 4 heteroatoms. The van der Waals surface area contributed by atoms with Crippen molar-refractivity contribution >= 4 is 5.69 Å². The maximum Gasteiger partial charge on any atom is 0.181 e. The Morgan fingerprint density at radius 2 is 1.90 bits per heavy atom. The highest BCUT2D eigenvalue weighted by Crippen LogP contribution is 2.29. The molecule has 0 aliphatic rings. The number of aryl methyl sites for hydroxylation is 1. The summed E-state index contributed by atoms with van der Waals surface area (Å²) in [6.45, 7) is 3.85. The molecule has 2 nitrogen and oxygen atoms in total. The molecule has 2 aromatic carbocycles. The van der Waals surface area contributed by atoms with Crippen molar-refractivity contribution in [2.24, 2.45) is 0 Å². The first kappa shape index (κ1) is 14.3. The Morgan fingerprint density at radius 1 is 1.15 bits per heavy atom. The Hall–Kier alpha value is -2.10. The molecule has 0 radical (unpaired) electrons. The molecular formula is C16H17F2NO. The predicted molar refractivity (Wildman–Crippen MR) is 76.1 cm³/mol. The van der Waals surface area contributed by atoms with E-state index in [1.54, 1.807) is 7.11 Å². The fourth-order valence-corrected chi connectivity index (χ4v) is 2.12. The van der Waals surface area contributed by atoms with Gasteiger partial charge < -0.3 is 10.1 Å². The van der Waals surface area contributed by atoms with Crippen LogP contribution in [0.3, 0.4) is 0 Å². The topological polar surface area (TPSA) is 21.3 Å². The monoisotopic (exact) mass is 277 g/mol. The maximum absolute atomic E-state index is 13.7. The summed E-state index contributed by atoms with van der Waals surface area (Å²) in [5.74, 6) is -1.02. The Morgan fingerprint density at radius 3 is 2.60 bits per heavy atom. The van der Waals surface area contributed by atoms with E-state index in [1.165, 1.54) is 12.1 Å². The average molecular weight is 277 g/mol. The lowest BCUT2D eigenvalue weighted by Gasteiger charge is -2.19. The summed E-state index contributed by atoms with van der Waals surface area (Å²) in [6, 6.07) is 9.65. The SMILES string of the molecule is COc1ccc(C)cc1C(C)Nc1cccc(F)c1F. The third-order valence-corrected chi connectivity index (χ3v) is 3.18. The Bertz CT molecular complexity index is 613. The van der Waals surface area contributed by atoms with Crippen molar-refractivity contribution in [2.45, 2.75) is 19.9 Å². The van der Waals surface area contributed by atoms with Gasteiger partial charge in [-0.2, -0.15) is 0 Å². The second-order valence-electron chi connectivity index (χ2n) is 4.71. The van der Waals surface area contributed by atoms with Crippen molar-refractivity contribution in [3.63, 3.8) is 0 Å². The molecule has 0 saturated carbocycles. The second-order valence-corrected chi connectivity index (χ2v) is 4.71. The normalized spacial score (nSPS) is 12.1. The van der Waals surface area contributed by atoms with Crippen molar-refractivity contribution in [1.29, 1.82) is 0 Å². The van der Waals surface area contributed by atoms with Gasteiger partial charge in [0.25, 0.3) is 0 Å². The van der Waals surface area contributed by atoms with Crippen LogP contribution in [-0.4, -0.2) is 7.11 Å². The van der Waals surface area contributed by atoms with Crippen LogP contribution >= 0.6 is 0 Å². The van der Waals surface area contributed by atoms with Gasteiger partial charge in [0.05, 0.1) is 18.8 Å². The van der Waals surface area contributed by atoms with Crippen LogP contribution < -0.4 is 10.1 Å². The molecule has 0 amide bonds. The van der Waals surface area contributed by atoms with Gasteiger partial charge in [0, 0.05) is 5.56 Å². The minimum Gasteiger partial charge on any atom is -0.496 e. The number of benzene rings is 2. The van der Waals surface area contributed by atoms with Crippen molar-refractivity contribution < 1.29 is 13.5 Å². The number of ether oxygens (including phenoxy) is 1. The lowest BCUT2D eigenvalue weighted by atomic mass is 10.0. The largest absolute Gasteiger partial charge is 0.496 e. The van der Waals surface area contributed by atoms with Crippen molar-refractivity contribution in [1.82, 2.24) is 0 Å². The van der Waals surface area contributed by atoms with Crippen LogP contribution in [-0.2, 0) is 0 Å². The Balaban J connectivity index is 2.30. The number of halogens is 2. The van der Waals surface area contributed by atoms with E-state index < -0.39 is 11.6 Å². The van der Waals surface area contributed by atoms with Crippen molar-refractivity contribution in [2.75, 3.05) is 12.4 Å². The van der Waals surface area contributed by atoms with Gasteiger partial charge in [-0.15, -0.1) is 0 Å². The molecular weight excluding hydrogens is 260 g/mol. The number of hydrogen-bond acceptors (Lipinski definition) is 2. The first-order valence-corrected chi connectivity index (χ1v) is 6.38. The molecule has 0 bridgehead atoms. The van der Waals surface area contributed by atoms with Crippen LogP contribution in [0.1, 0.15) is 24.1 Å². The summed E-state index contributed by atoms with van der Waals surface area (Å²) in [7, 11) is 1.59. The maximum atomic E-state index is 13.7. The first-order chi connectivity index (χ1) is 9.52. The lowest BCUT2D eigenvalue weighted by molar-refractivity contribution is 0.407. The highest BCUT2D eigenvalue weighted by Gasteiger charge is 2.14. The number of hydrogen-bond donors (Lipinski definition) is 1. The van der Waals surface area contributed by atoms with Crippen LogP contribution in [0.25, 0.3) is 0 Å². The van der Waals surface area contributed by atoms with Crippen LogP contribution in [0.2, 0.25) is 0 Å². The zero-order valence-corrected chi connectivity index (χ0v) is 11.7. The van der Waals surface area contributed by atoms with Gasteiger partial charge >= 0.3 is 0 Å². The minimum absolute atomic E-state index is 0.140. The summed E-state index contributed by atoms with van der Waals surface area (Å²) in [6.07, 6.45) is 0. The molecule has 1 N–H and O–H groups in total. The molecule has 20 heavy (non-hydrogen) atoms. The van der Waals surface area contributed by atoms with E-state index >= 15 is 0 Å². The van der Waals surface area contributed by atoms with Crippen LogP contribution in [0.4, 0.5) is 14.5 Å². The molecule has 106 valence electrons. The first-order valence-electron chi connectivity index (χ1n) is 6.38. The van der Waals surface area contributed by atoms with Crippen LogP contribution in [0.15, 0.2) is 36.4 Å². The fourth-order valence-electron chi connectivity index (χ4n) is 2.12. The molecule has 1 atom stereocenters. The molecule has 0 fully saturated rings. The Kier molecular flexibility index (Phi) is 4.23. The summed E-state index contributed by atoms with van der Waals surface area (Å²) in [5.41, 5.74) is 2.12. The lowest BCUT2D eigenvalue weighted by Crippen LogP contribution is -2.10. The van der Waals surface area contributed by atoms with Gasteiger partial charge in [-0.3, -0.25) is 0 Å². The average Bonchev–Trinajstić information content (AvgIpc) is 2.43. The molecule has 1 unspecified atom stereocenters. The molecule has 2 aromatic rings. The van der Waals surface area contributed by atoms with E-state index in [9.17, 15) is 8.78 Å². The van der Waals surface area contributed by atoms with Gasteiger partial charge in [-0.05, 0) is 32.0 Å². The van der Waals surface area contributed by atoms with E-state index in [-0.39, 0.29) is 11.7 Å². The van der Waals surface area contributed by atoms with Gasteiger partial charge in [-0.1, -0.05) is 23.8 Å². The smallest absolute Gasteiger partial charge is 0.181 e. The van der Waals surface area contributed by atoms with Crippen molar-refractivity contribution in [3.8, 4) is 5.75 Å². The highest BCUT2D eigenvalue weighted by molar-refractivity contribution is 5.49. The van der Waals surface area contributed by atoms with Crippen LogP contribution in [0.5, 0.6) is 5.75 Å². The van der Waals surface area contributed by atoms with E-state index in [0.29, 0.717) is 5.75 Å². The zero-order valence-electron chi connectivity index (χ0n) is 11.7. The second kappa shape index (κ2) is 5.90. The van der Waals surface area contributed by atoms with Crippen molar-refractivity contribution in [3.05, 3.63) is 59.2 Å². The molecule has 2 rings (SSSR count). The minimum atomic E-state index is -0.869. The summed E-state index contributed by atoms with van der Waals surface area (Å²) < 4.78 is 32.2. The standard InChI is InChI=1S/C16H17F2NO/c1-10-7-8-15(20-3)12(9-10)11(2)19-14-6-4-5-13(17)16(14)18/h4-9,11,19H,1-3H3. The third-order valence-electron chi connectivity index (χ3n) is 3.18. The van der Waals surface area contributed by atoms with E-state index in [0.717, 1.165) is 17.2 Å². The van der Waals surface area contributed by atoms with Crippen LogP contribution in [0, 0.1) is 18.6 Å². The van der Waals surface area contributed by atoms with Gasteiger partial charge in [-0.25, -0.2) is 8.78 Å². The third kappa shape index (κ3) is 2.90. The predicted octanol–water partition coefficient (Wildman–Crippen LogP) is 4.45. The molecule has 0 aliphatic heterocycles. The molecule has 0 spiro atoms. The van der Waals surface area contributed by atoms with Gasteiger partial charge in [0.15, 0.2) is 11.6 Å². The van der Waals surface area contributed by atoms with E-state index in [4.69, 9.17) is 4.74 Å². The zero-order chi connectivity index (χ0) is 14.7. The fraction of sp³-hybridized carbons (Fsp3) is 0.250. The number of rotatable bonds is 4. The summed E-state index contributed by atoms with van der Waals surface area (Å²) in [5, 5.41) is 2.97.